The van der Waals surface area contributed by atoms with Crippen LogP contribution in [0.2, 0.25) is 0 Å². The second kappa shape index (κ2) is 4.79. The minimum Gasteiger partial charge on any atom is -0.335 e. The summed E-state index contributed by atoms with van der Waals surface area (Å²) >= 11 is 0. The van der Waals surface area contributed by atoms with E-state index in [4.69, 9.17) is 0 Å². The van der Waals surface area contributed by atoms with E-state index in [0.717, 1.165) is 18.2 Å². The SMILES string of the molecule is Fc1cccc(Nc2c(F)c(F)c(F)c(F)c2F)n1. The first-order valence-electron chi connectivity index (χ1n) is 4.83. The third-order valence-corrected chi connectivity index (χ3v) is 2.18. The average Bonchev–Trinajstić information content (AvgIpc) is 2.39. The lowest BCUT2D eigenvalue weighted by molar-refractivity contribution is 0.382. The first kappa shape index (κ1) is 13.2. The van der Waals surface area contributed by atoms with E-state index in [0.29, 0.717) is 0 Å². The summed E-state index contributed by atoms with van der Waals surface area (Å²) in [6.45, 7) is 0. The molecule has 0 aliphatic heterocycles. The first-order valence-corrected chi connectivity index (χ1v) is 4.83. The minimum atomic E-state index is -2.27. The predicted octanol–water partition coefficient (Wildman–Crippen LogP) is 3.66. The maximum atomic E-state index is 13.3. The Morgan fingerprint density at radius 1 is 0.737 bits per heavy atom. The van der Waals surface area contributed by atoms with Crippen LogP contribution >= 0.6 is 0 Å². The molecule has 1 aromatic heterocycles. The number of nitrogens with zero attached hydrogens (tertiary/aromatic N) is 1. The Morgan fingerprint density at radius 3 is 1.79 bits per heavy atom. The smallest absolute Gasteiger partial charge is 0.214 e. The van der Waals surface area contributed by atoms with Crippen molar-refractivity contribution in [3.05, 3.63) is 53.2 Å². The number of halogens is 6. The largest absolute Gasteiger partial charge is 0.335 e. The monoisotopic (exact) mass is 278 g/mol. The number of rotatable bonds is 2. The molecule has 0 fully saturated rings. The number of benzene rings is 1. The molecule has 2 aromatic rings. The van der Waals surface area contributed by atoms with Crippen LogP contribution in [0, 0.1) is 35.0 Å². The van der Waals surface area contributed by atoms with Gasteiger partial charge in [0.2, 0.25) is 11.8 Å². The van der Waals surface area contributed by atoms with Gasteiger partial charge in [-0.1, -0.05) is 6.07 Å². The Kier molecular flexibility index (Phi) is 3.32. The first-order chi connectivity index (χ1) is 8.91. The van der Waals surface area contributed by atoms with E-state index in [1.54, 1.807) is 0 Å². The summed E-state index contributed by atoms with van der Waals surface area (Å²) in [5.74, 6) is -12.0. The van der Waals surface area contributed by atoms with Gasteiger partial charge in [0.05, 0.1) is 0 Å². The molecule has 0 spiro atoms. The molecule has 0 saturated heterocycles. The number of nitrogens with one attached hydrogen (secondary N) is 1. The average molecular weight is 278 g/mol. The molecule has 0 aliphatic rings. The van der Waals surface area contributed by atoms with Crippen molar-refractivity contribution >= 4 is 11.5 Å². The van der Waals surface area contributed by atoms with Crippen molar-refractivity contribution in [2.24, 2.45) is 0 Å². The van der Waals surface area contributed by atoms with Crippen LogP contribution < -0.4 is 5.32 Å². The second-order valence-corrected chi connectivity index (χ2v) is 3.42. The Balaban J connectivity index is 2.52. The molecule has 0 unspecified atom stereocenters. The number of hydrogen-bond acceptors (Lipinski definition) is 2. The summed E-state index contributed by atoms with van der Waals surface area (Å²) in [5.41, 5.74) is -1.30. The van der Waals surface area contributed by atoms with Crippen LogP contribution in [-0.4, -0.2) is 4.98 Å². The van der Waals surface area contributed by atoms with E-state index in [1.807, 2.05) is 5.32 Å². The standard InChI is InChI=1S/C11H4F6N2/c12-4-2-1-3-5(18-4)19-11-9(16)7(14)6(13)8(15)10(11)17/h1-3H,(H,18,19). The lowest BCUT2D eigenvalue weighted by Gasteiger charge is -2.09. The number of aromatic nitrogens is 1. The Hall–Kier alpha value is -2.25. The summed E-state index contributed by atoms with van der Waals surface area (Å²) in [6, 6.07) is 3.20. The lowest BCUT2D eigenvalue weighted by atomic mass is 10.2. The third kappa shape index (κ3) is 2.33. The van der Waals surface area contributed by atoms with Crippen molar-refractivity contribution in [1.82, 2.24) is 4.98 Å². The van der Waals surface area contributed by atoms with Crippen molar-refractivity contribution in [3.63, 3.8) is 0 Å². The maximum Gasteiger partial charge on any atom is 0.214 e. The quantitative estimate of drug-likeness (QED) is 0.392. The zero-order valence-electron chi connectivity index (χ0n) is 8.95. The fourth-order valence-corrected chi connectivity index (χ4v) is 1.32. The van der Waals surface area contributed by atoms with E-state index in [-0.39, 0.29) is 0 Å². The fourth-order valence-electron chi connectivity index (χ4n) is 1.32. The van der Waals surface area contributed by atoms with Crippen LogP contribution in [0.1, 0.15) is 0 Å². The molecule has 100 valence electrons. The van der Waals surface area contributed by atoms with Crippen molar-refractivity contribution in [2.45, 2.75) is 0 Å². The summed E-state index contributed by atoms with van der Waals surface area (Å²) < 4.78 is 77.9. The highest BCUT2D eigenvalue weighted by atomic mass is 19.2. The number of pyridine rings is 1. The van der Waals surface area contributed by atoms with Crippen LogP contribution in [0.15, 0.2) is 18.2 Å². The molecular weight excluding hydrogens is 274 g/mol. The number of hydrogen-bond donors (Lipinski definition) is 1. The van der Waals surface area contributed by atoms with Crippen molar-refractivity contribution in [1.29, 1.82) is 0 Å². The molecule has 2 nitrogen and oxygen atoms in total. The van der Waals surface area contributed by atoms with Gasteiger partial charge >= 0.3 is 0 Å². The van der Waals surface area contributed by atoms with E-state index in [1.165, 1.54) is 0 Å². The van der Waals surface area contributed by atoms with E-state index in [9.17, 15) is 26.3 Å². The summed E-state index contributed by atoms with van der Waals surface area (Å²) in [6.07, 6.45) is 0. The molecule has 0 aliphatic carbocycles. The van der Waals surface area contributed by atoms with Crippen molar-refractivity contribution in [3.8, 4) is 0 Å². The van der Waals surface area contributed by atoms with Gasteiger partial charge in [-0.15, -0.1) is 0 Å². The second-order valence-electron chi connectivity index (χ2n) is 3.42. The zero-order chi connectivity index (χ0) is 14.2. The molecule has 8 heteroatoms. The van der Waals surface area contributed by atoms with Gasteiger partial charge in [0.15, 0.2) is 23.3 Å². The van der Waals surface area contributed by atoms with E-state index < -0.39 is 46.5 Å². The predicted molar refractivity (Wildman–Crippen MR) is 53.7 cm³/mol. The van der Waals surface area contributed by atoms with Gasteiger partial charge in [-0.05, 0) is 12.1 Å². The molecular formula is C11H4F6N2. The Bertz CT molecular complexity index is 614. The van der Waals surface area contributed by atoms with Gasteiger partial charge in [-0.3, -0.25) is 0 Å². The lowest BCUT2D eigenvalue weighted by Crippen LogP contribution is -2.07. The van der Waals surface area contributed by atoms with Gasteiger partial charge in [0.1, 0.15) is 11.5 Å². The fraction of sp³-hybridized carbons (Fsp3) is 0. The third-order valence-electron chi connectivity index (χ3n) is 2.18. The minimum absolute atomic E-state index is 0.400. The molecule has 1 aromatic carbocycles. The normalized spacial score (nSPS) is 10.6. The van der Waals surface area contributed by atoms with Crippen molar-refractivity contribution < 1.29 is 26.3 Å². The highest BCUT2D eigenvalue weighted by Gasteiger charge is 2.26. The molecule has 0 atom stereocenters. The molecule has 0 saturated carbocycles. The zero-order valence-corrected chi connectivity index (χ0v) is 8.95. The van der Waals surface area contributed by atoms with Gasteiger partial charge in [-0.2, -0.15) is 4.39 Å². The number of anilines is 2. The van der Waals surface area contributed by atoms with Crippen LogP contribution in [0.25, 0.3) is 0 Å². The van der Waals surface area contributed by atoms with Crippen molar-refractivity contribution in [2.75, 3.05) is 5.32 Å². The molecule has 1 heterocycles. The molecule has 0 radical (unpaired) electrons. The van der Waals surface area contributed by atoms with Gasteiger partial charge in [0, 0.05) is 0 Å². The maximum absolute atomic E-state index is 13.3. The molecule has 0 amide bonds. The molecule has 19 heavy (non-hydrogen) atoms. The van der Waals surface area contributed by atoms with E-state index >= 15 is 0 Å². The topological polar surface area (TPSA) is 24.9 Å². The van der Waals surface area contributed by atoms with Crippen LogP contribution in [-0.2, 0) is 0 Å². The van der Waals surface area contributed by atoms with Gasteiger partial charge < -0.3 is 5.32 Å². The summed E-state index contributed by atoms with van der Waals surface area (Å²) in [7, 11) is 0. The molecule has 0 bridgehead atoms. The Morgan fingerprint density at radius 2 is 1.26 bits per heavy atom. The van der Waals surface area contributed by atoms with Gasteiger partial charge in [0.25, 0.3) is 0 Å². The van der Waals surface area contributed by atoms with Crippen LogP contribution in [0.3, 0.4) is 0 Å². The highest BCUT2D eigenvalue weighted by Crippen LogP contribution is 2.29. The Labute approximate surface area is 102 Å². The van der Waals surface area contributed by atoms with E-state index in [2.05, 4.69) is 4.98 Å². The summed E-state index contributed by atoms with van der Waals surface area (Å²) in [5, 5.41) is 1.84. The molecule has 2 rings (SSSR count). The highest BCUT2D eigenvalue weighted by molar-refractivity contribution is 5.58. The van der Waals surface area contributed by atoms with Crippen LogP contribution in [0.4, 0.5) is 37.8 Å². The van der Waals surface area contributed by atoms with Crippen LogP contribution in [0.5, 0.6) is 0 Å². The molecule has 1 N–H and O–H groups in total. The van der Waals surface area contributed by atoms with Gasteiger partial charge in [-0.25, -0.2) is 26.9 Å². The summed E-state index contributed by atoms with van der Waals surface area (Å²) in [4.78, 5) is 3.18.